The Labute approximate surface area is 248 Å². The van der Waals surface area contributed by atoms with Crippen molar-refractivity contribution in [1.29, 1.82) is 0 Å². The Hall–Kier alpha value is -3.33. The predicted octanol–water partition coefficient (Wildman–Crippen LogP) is 6.05. The quantitative estimate of drug-likeness (QED) is 0.221. The van der Waals surface area contributed by atoms with Gasteiger partial charge in [-0.2, -0.15) is 4.39 Å². The molecule has 3 aliphatic rings. The minimum Gasteiger partial charge on any atom is -0.488 e. The van der Waals surface area contributed by atoms with Gasteiger partial charge in [0.15, 0.2) is 17.4 Å². The van der Waals surface area contributed by atoms with Gasteiger partial charge in [0.2, 0.25) is 5.82 Å². The molecule has 9 heteroatoms. The molecule has 2 aliphatic heterocycles. The molecule has 220 valence electrons. The fourth-order valence-electron chi connectivity index (χ4n) is 5.92. The van der Waals surface area contributed by atoms with E-state index < -0.39 is 23.2 Å². The average molecular weight is 596 g/mol. The summed E-state index contributed by atoms with van der Waals surface area (Å²) in [6.07, 6.45) is 3.85. The molecule has 2 bridgehead atoms. The molecule has 0 aromatic heterocycles. The number of hydrogen-bond donors (Lipinski definition) is 2. The Morgan fingerprint density at radius 3 is 2.50 bits per heavy atom. The third kappa shape index (κ3) is 6.21. The number of halogens is 4. The van der Waals surface area contributed by atoms with E-state index in [2.05, 4.69) is 22.8 Å². The van der Waals surface area contributed by atoms with Crippen molar-refractivity contribution in [3.8, 4) is 5.75 Å². The lowest BCUT2D eigenvalue weighted by atomic mass is 9.83. The average Bonchev–Trinajstić information content (AvgIpc) is 3.84. The number of aryl methyl sites for hydroxylation is 1. The number of nitrogens with one attached hydrogen (secondary N) is 2. The van der Waals surface area contributed by atoms with Crippen LogP contribution in [0.5, 0.6) is 5.75 Å². The van der Waals surface area contributed by atoms with Gasteiger partial charge < -0.3 is 20.3 Å². The maximum Gasteiger partial charge on any atom is 0.252 e. The van der Waals surface area contributed by atoms with E-state index in [0.29, 0.717) is 31.0 Å². The van der Waals surface area contributed by atoms with E-state index in [1.807, 2.05) is 41.3 Å². The van der Waals surface area contributed by atoms with Crippen molar-refractivity contribution in [3.05, 3.63) is 105 Å². The molecule has 2 heterocycles. The lowest BCUT2D eigenvalue weighted by Gasteiger charge is -2.41. The Bertz CT molecular complexity index is 1490. The van der Waals surface area contributed by atoms with E-state index in [1.54, 1.807) is 0 Å². The summed E-state index contributed by atoms with van der Waals surface area (Å²) in [7, 11) is 0. The summed E-state index contributed by atoms with van der Waals surface area (Å²) < 4.78 is 46.3. The maximum absolute atomic E-state index is 14.3. The van der Waals surface area contributed by atoms with Crippen molar-refractivity contribution in [2.75, 3.05) is 19.7 Å². The van der Waals surface area contributed by atoms with Crippen LogP contribution in [0.15, 0.2) is 66.2 Å². The first kappa shape index (κ1) is 28.8. The highest BCUT2D eigenvalue weighted by atomic mass is 35.5. The number of hydrogen-bond acceptors (Lipinski definition) is 4. The van der Waals surface area contributed by atoms with Gasteiger partial charge in [-0.25, -0.2) is 8.78 Å². The van der Waals surface area contributed by atoms with Crippen molar-refractivity contribution in [2.24, 2.45) is 0 Å². The lowest BCUT2D eigenvalue weighted by molar-refractivity contribution is -0.128. The van der Waals surface area contributed by atoms with Crippen LogP contribution in [0.4, 0.5) is 13.2 Å². The van der Waals surface area contributed by atoms with Crippen molar-refractivity contribution >= 4 is 23.1 Å². The second kappa shape index (κ2) is 12.5. The standard InChI is InChI=1S/C33H33ClF3N3O2/c34-26-6-2-1-5-22(26)19-40(24-11-12-24)33(41)30-25(16-23-17-38-18-29(30)39-23)21-9-7-20(8-10-21)4-3-15-42-32-28(36)14-13-27(35)31(32)37/h1-2,5-10,13-14,23-24,29,38-39H,3-4,11-12,15-19H2/t23-,29-/m0/s1. The topological polar surface area (TPSA) is 53.6 Å². The molecular weight excluding hydrogens is 563 g/mol. The number of benzene rings is 3. The summed E-state index contributed by atoms with van der Waals surface area (Å²) in [6.45, 7) is 2.07. The number of amides is 1. The highest BCUT2D eigenvalue weighted by Gasteiger charge is 2.41. The minimum atomic E-state index is -1.31. The summed E-state index contributed by atoms with van der Waals surface area (Å²) in [5.41, 5.74) is 4.89. The van der Waals surface area contributed by atoms with Gasteiger partial charge in [0, 0.05) is 42.3 Å². The SMILES string of the molecule is O=C(C1=C(c2ccc(CCCOc3c(F)ccc(F)c3F)cc2)C[C@H]2CNC[C@@H]1N2)N(Cc1ccccc1Cl)C1CC1. The van der Waals surface area contributed by atoms with E-state index in [0.717, 1.165) is 65.8 Å². The van der Waals surface area contributed by atoms with Crippen LogP contribution >= 0.6 is 11.6 Å². The fraction of sp³-hybridized carbons (Fsp3) is 0.364. The Morgan fingerprint density at radius 1 is 0.976 bits per heavy atom. The van der Waals surface area contributed by atoms with Crippen LogP contribution in [0.1, 0.15) is 42.4 Å². The minimum absolute atomic E-state index is 0.0489. The van der Waals surface area contributed by atoms with Crippen molar-refractivity contribution in [3.63, 3.8) is 0 Å². The van der Waals surface area contributed by atoms with Crippen molar-refractivity contribution in [1.82, 2.24) is 15.5 Å². The number of ether oxygens (including phenoxy) is 1. The Kier molecular flexibility index (Phi) is 8.56. The molecule has 6 rings (SSSR count). The van der Waals surface area contributed by atoms with Gasteiger partial charge in [-0.3, -0.25) is 4.79 Å². The van der Waals surface area contributed by atoms with Crippen LogP contribution < -0.4 is 15.4 Å². The summed E-state index contributed by atoms with van der Waals surface area (Å²) in [5, 5.41) is 7.80. The summed E-state index contributed by atoms with van der Waals surface area (Å²) in [5.74, 6) is -4.01. The van der Waals surface area contributed by atoms with E-state index in [4.69, 9.17) is 16.3 Å². The smallest absolute Gasteiger partial charge is 0.252 e. The number of carbonyl (C=O) groups is 1. The van der Waals surface area contributed by atoms with Crippen LogP contribution in [0.3, 0.4) is 0 Å². The molecule has 1 saturated heterocycles. The normalized spacial score (nSPS) is 20.0. The summed E-state index contributed by atoms with van der Waals surface area (Å²) in [6, 6.07) is 17.8. The van der Waals surface area contributed by atoms with E-state index in [9.17, 15) is 18.0 Å². The molecule has 1 amide bonds. The molecule has 0 spiro atoms. The molecule has 1 saturated carbocycles. The van der Waals surface area contributed by atoms with Gasteiger partial charge in [0.25, 0.3) is 5.91 Å². The van der Waals surface area contributed by atoms with Gasteiger partial charge in [0.05, 0.1) is 12.6 Å². The van der Waals surface area contributed by atoms with Crippen LogP contribution in [-0.4, -0.2) is 48.6 Å². The lowest BCUT2D eigenvalue weighted by Crippen LogP contribution is -2.60. The zero-order valence-corrected chi connectivity index (χ0v) is 23.9. The molecule has 3 aromatic carbocycles. The highest BCUT2D eigenvalue weighted by Crippen LogP contribution is 2.37. The number of carbonyl (C=O) groups excluding carboxylic acids is 1. The number of nitrogens with zero attached hydrogens (tertiary/aromatic N) is 1. The molecule has 2 atom stereocenters. The third-order valence-electron chi connectivity index (χ3n) is 8.24. The van der Waals surface area contributed by atoms with Gasteiger partial charge in [-0.05, 0) is 72.6 Å². The summed E-state index contributed by atoms with van der Waals surface area (Å²) in [4.78, 5) is 16.3. The number of fused-ring (bicyclic) bond motifs is 2. The second-order valence-electron chi connectivity index (χ2n) is 11.2. The Morgan fingerprint density at radius 2 is 1.74 bits per heavy atom. The second-order valence-corrected chi connectivity index (χ2v) is 11.7. The van der Waals surface area contributed by atoms with E-state index in [1.165, 1.54) is 0 Å². The zero-order valence-electron chi connectivity index (χ0n) is 23.1. The number of rotatable bonds is 10. The predicted molar refractivity (Wildman–Crippen MR) is 157 cm³/mol. The molecule has 3 aromatic rings. The third-order valence-corrected chi connectivity index (χ3v) is 8.61. The van der Waals surface area contributed by atoms with Gasteiger partial charge in [0.1, 0.15) is 0 Å². The first-order chi connectivity index (χ1) is 20.4. The fourth-order valence-corrected chi connectivity index (χ4v) is 6.12. The monoisotopic (exact) mass is 595 g/mol. The molecule has 0 unspecified atom stereocenters. The molecule has 0 radical (unpaired) electrons. The van der Waals surface area contributed by atoms with Gasteiger partial charge in [-0.15, -0.1) is 0 Å². The van der Waals surface area contributed by atoms with Gasteiger partial charge in [-0.1, -0.05) is 54.1 Å². The first-order valence-corrected chi connectivity index (χ1v) is 14.9. The molecule has 1 aliphatic carbocycles. The molecule has 2 fully saturated rings. The van der Waals surface area contributed by atoms with Crippen LogP contribution in [0.25, 0.3) is 5.57 Å². The first-order valence-electron chi connectivity index (χ1n) is 14.5. The van der Waals surface area contributed by atoms with E-state index >= 15 is 0 Å². The maximum atomic E-state index is 14.3. The molecule has 42 heavy (non-hydrogen) atoms. The molecular formula is C33H33ClF3N3O2. The largest absolute Gasteiger partial charge is 0.488 e. The van der Waals surface area contributed by atoms with Gasteiger partial charge >= 0.3 is 0 Å². The summed E-state index contributed by atoms with van der Waals surface area (Å²) >= 11 is 6.48. The van der Waals surface area contributed by atoms with E-state index in [-0.39, 0.29) is 30.6 Å². The highest BCUT2D eigenvalue weighted by molar-refractivity contribution is 6.31. The zero-order chi connectivity index (χ0) is 29.2. The molecule has 2 N–H and O–H groups in total. The molecule has 5 nitrogen and oxygen atoms in total. The van der Waals surface area contributed by atoms with Crippen molar-refractivity contribution < 1.29 is 22.7 Å². The van der Waals surface area contributed by atoms with Crippen molar-refractivity contribution in [2.45, 2.75) is 56.8 Å². The van der Waals surface area contributed by atoms with Crippen LogP contribution in [0.2, 0.25) is 5.02 Å². The number of piperazine rings is 1. The van der Waals surface area contributed by atoms with Crippen LogP contribution in [-0.2, 0) is 17.8 Å². The Balaban J connectivity index is 1.19. The van der Waals surface area contributed by atoms with Crippen LogP contribution in [0, 0.1) is 17.5 Å².